The van der Waals surface area contributed by atoms with Crippen LogP contribution in [0.15, 0.2) is 0 Å². The fourth-order valence-electron chi connectivity index (χ4n) is 5.13. The zero-order chi connectivity index (χ0) is 34.9. The van der Waals surface area contributed by atoms with Crippen molar-refractivity contribution in [2.75, 3.05) is 90.6 Å². The molecule has 0 radical (unpaired) electrons. The predicted octanol–water partition coefficient (Wildman–Crippen LogP) is 7.44. The predicted molar refractivity (Wildman–Crippen MR) is 201 cm³/mol. The standard InChI is InChI=1S/2C16H37NP.2C2H4O2/c2*1-6-9-13-18(14-10-7-2,15-11-8-3)16-12-17(4)5;2*1-2(3)4/h2*6-16H2,1-5H3;2*1H3,(H,3,4)/q2*+1;;/p-2. The summed E-state index contributed by atoms with van der Waals surface area (Å²) in [5.41, 5.74) is 0. The lowest BCUT2D eigenvalue weighted by Gasteiger charge is -2.29. The van der Waals surface area contributed by atoms with Crippen LogP contribution in [-0.4, -0.2) is 112 Å². The number of rotatable bonds is 24. The summed E-state index contributed by atoms with van der Waals surface area (Å²) < 4.78 is 0. The first-order valence-electron chi connectivity index (χ1n) is 18.0. The van der Waals surface area contributed by atoms with E-state index >= 15 is 0 Å². The highest BCUT2D eigenvalue weighted by Gasteiger charge is 2.35. The van der Waals surface area contributed by atoms with Gasteiger partial charge in [0.25, 0.3) is 0 Å². The molecule has 0 aliphatic carbocycles. The largest absolute Gasteiger partial charge is 0.550 e. The first-order chi connectivity index (χ1) is 20.7. The van der Waals surface area contributed by atoms with Crippen LogP contribution in [0.3, 0.4) is 0 Å². The van der Waals surface area contributed by atoms with Crippen LogP contribution in [-0.2, 0) is 9.59 Å². The molecule has 0 aromatic heterocycles. The minimum atomic E-state index is -1.08. The maximum atomic E-state index is 8.89. The summed E-state index contributed by atoms with van der Waals surface area (Å²) in [6.45, 7) is 18.7. The van der Waals surface area contributed by atoms with Crippen LogP contribution >= 0.6 is 14.5 Å². The maximum Gasteiger partial charge on any atom is 0.0721 e. The minimum Gasteiger partial charge on any atom is -0.550 e. The van der Waals surface area contributed by atoms with E-state index in [2.05, 4.69) is 79.5 Å². The fraction of sp³-hybridized carbons (Fsp3) is 0.944. The molecule has 0 aliphatic heterocycles. The molecule has 268 valence electrons. The van der Waals surface area contributed by atoms with E-state index in [4.69, 9.17) is 19.8 Å². The molecule has 0 amide bonds. The Balaban J connectivity index is -0.000000292. The van der Waals surface area contributed by atoms with Gasteiger partial charge in [0, 0.05) is 39.6 Å². The molecule has 0 fully saturated rings. The van der Waals surface area contributed by atoms with Crippen molar-refractivity contribution in [2.45, 2.75) is 132 Å². The average Bonchev–Trinajstić information content (AvgIpc) is 2.95. The highest BCUT2D eigenvalue weighted by Crippen LogP contribution is 2.61. The summed E-state index contributed by atoms with van der Waals surface area (Å²) in [5, 5.41) is 17.8. The molecule has 0 saturated heterocycles. The highest BCUT2D eigenvalue weighted by atomic mass is 31.2. The van der Waals surface area contributed by atoms with E-state index < -0.39 is 26.5 Å². The van der Waals surface area contributed by atoms with Crippen molar-refractivity contribution >= 4 is 26.5 Å². The van der Waals surface area contributed by atoms with E-state index in [9.17, 15) is 0 Å². The van der Waals surface area contributed by atoms with Crippen LogP contribution in [0.25, 0.3) is 0 Å². The second kappa shape index (κ2) is 35.6. The highest BCUT2D eigenvalue weighted by molar-refractivity contribution is 7.76. The number of unbranched alkanes of at least 4 members (excludes halogenated alkanes) is 6. The molecule has 0 aromatic carbocycles. The summed E-state index contributed by atoms with van der Waals surface area (Å²) in [6.07, 6.45) is 29.5. The van der Waals surface area contributed by atoms with Crippen LogP contribution in [0.4, 0.5) is 0 Å². The molecular formula is C36H80N2O4P2. The van der Waals surface area contributed by atoms with Gasteiger partial charge in [0.05, 0.1) is 49.3 Å². The molecule has 0 saturated carbocycles. The quantitative estimate of drug-likeness (QED) is 0.0996. The lowest BCUT2D eigenvalue weighted by molar-refractivity contribution is -0.303. The molecular weight excluding hydrogens is 586 g/mol. The molecule has 0 spiro atoms. The van der Waals surface area contributed by atoms with Crippen LogP contribution in [0, 0.1) is 0 Å². The molecule has 44 heavy (non-hydrogen) atoms. The Labute approximate surface area is 278 Å². The van der Waals surface area contributed by atoms with Crippen LogP contribution in [0.5, 0.6) is 0 Å². The number of aliphatic carboxylic acids is 2. The number of nitrogens with zero attached hydrogens (tertiary/aromatic N) is 2. The monoisotopic (exact) mass is 667 g/mol. The third kappa shape index (κ3) is 39.7. The molecule has 0 aliphatic rings. The third-order valence-electron chi connectivity index (χ3n) is 7.96. The van der Waals surface area contributed by atoms with Gasteiger partial charge in [-0.1, -0.05) is 80.1 Å². The number of carbonyl (C=O) groups excluding carboxylic acids is 2. The van der Waals surface area contributed by atoms with Crippen LogP contribution in [0.1, 0.15) is 132 Å². The topological polar surface area (TPSA) is 86.7 Å². The fourth-order valence-corrected chi connectivity index (χ4v) is 15.4. The van der Waals surface area contributed by atoms with Crippen LogP contribution < -0.4 is 10.2 Å². The lowest BCUT2D eigenvalue weighted by atomic mass is 10.4. The Kier molecular flexibility index (Phi) is 40.9. The SMILES string of the molecule is CC(=O)[O-].CC(=O)[O-].CCCC[P+](CCCC)(CCCC)CCN(C)C.CCCC[P+](CCCC)(CCCC)CCN(C)C. The van der Waals surface area contributed by atoms with Gasteiger partial charge in [-0.05, 0) is 80.6 Å². The number of hydrogen-bond donors (Lipinski definition) is 0. The number of hydrogen-bond acceptors (Lipinski definition) is 6. The van der Waals surface area contributed by atoms with Crippen molar-refractivity contribution in [3.63, 3.8) is 0 Å². The molecule has 0 unspecified atom stereocenters. The van der Waals surface area contributed by atoms with Gasteiger partial charge in [-0.25, -0.2) is 0 Å². The molecule has 0 rings (SSSR count). The summed E-state index contributed by atoms with van der Waals surface area (Å²) in [5.74, 6) is -2.17. The van der Waals surface area contributed by atoms with Gasteiger partial charge in [-0.2, -0.15) is 0 Å². The van der Waals surface area contributed by atoms with Gasteiger partial charge < -0.3 is 29.6 Å². The minimum absolute atomic E-state index is 0.641. The van der Waals surface area contributed by atoms with Gasteiger partial charge in [0.1, 0.15) is 0 Å². The first kappa shape index (κ1) is 50.6. The van der Waals surface area contributed by atoms with E-state index in [1.165, 1.54) is 102 Å². The van der Waals surface area contributed by atoms with Gasteiger partial charge in [-0.15, -0.1) is 0 Å². The Bertz CT molecular complexity index is 515. The van der Waals surface area contributed by atoms with Crippen molar-refractivity contribution in [3.05, 3.63) is 0 Å². The molecule has 0 N–H and O–H groups in total. The average molecular weight is 667 g/mol. The van der Waals surface area contributed by atoms with E-state index in [0.717, 1.165) is 13.8 Å². The Morgan fingerprint density at radius 1 is 0.432 bits per heavy atom. The smallest absolute Gasteiger partial charge is 0.0721 e. The van der Waals surface area contributed by atoms with Crippen molar-refractivity contribution in [1.29, 1.82) is 0 Å². The zero-order valence-corrected chi connectivity index (χ0v) is 33.8. The van der Waals surface area contributed by atoms with E-state index in [0.29, 0.717) is 0 Å². The van der Waals surface area contributed by atoms with Gasteiger partial charge in [0.2, 0.25) is 0 Å². The molecule has 6 nitrogen and oxygen atoms in total. The zero-order valence-electron chi connectivity index (χ0n) is 32.0. The number of carboxylic acids is 2. The van der Waals surface area contributed by atoms with Crippen molar-refractivity contribution in [1.82, 2.24) is 9.80 Å². The van der Waals surface area contributed by atoms with E-state index in [-0.39, 0.29) is 0 Å². The Morgan fingerprint density at radius 2 is 0.591 bits per heavy atom. The molecule has 0 atom stereocenters. The van der Waals surface area contributed by atoms with Gasteiger partial charge in [0.15, 0.2) is 0 Å². The summed E-state index contributed by atoms with van der Waals surface area (Å²) in [4.78, 5) is 22.6. The second-order valence-electron chi connectivity index (χ2n) is 13.2. The summed E-state index contributed by atoms with van der Waals surface area (Å²) in [6, 6.07) is 0. The summed E-state index contributed by atoms with van der Waals surface area (Å²) in [7, 11) is 7.64. The molecule has 0 bridgehead atoms. The number of carboxylic acid groups (broad SMARTS) is 2. The van der Waals surface area contributed by atoms with Gasteiger partial charge in [-0.3, -0.25) is 0 Å². The van der Waals surface area contributed by atoms with E-state index in [1.807, 2.05) is 0 Å². The second-order valence-corrected chi connectivity index (χ2v) is 22.1. The van der Waals surface area contributed by atoms with Crippen molar-refractivity contribution in [2.24, 2.45) is 0 Å². The van der Waals surface area contributed by atoms with Crippen molar-refractivity contribution < 1.29 is 19.8 Å². The summed E-state index contributed by atoms with van der Waals surface area (Å²) >= 11 is 0. The molecule has 0 heterocycles. The third-order valence-corrected chi connectivity index (χ3v) is 17.8. The van der Waals surface area contributed by atoms with E-state index in [1.54, 1.807) is 37.0 Å². The van der Waals surface area contributed by atoms with Crippen molar-refractivity contribution in [3.8, 4) is 0 Å². The maximum absolute atomic E-state index is 8.89. The lowest BCUT2D eigenvalue weighted by Crippen LogP contribution is -2.22. The van der Waals surface area contributed by atoms with Gasteiger partial charge >= 0.3 is 0 Å². The Morgan fingerprint density at radius 3 is 0.705 bits per heavy atom. The van der Waals surface area contributed by atoms with Crippen LogP contribution in [0.2, 0.25) is 0 Å². The molecule has 8 heteroatoms. The molecule has 0 aromatic rings. The normalized spacial score (nSPS) is 11.2. The first-order valence-corrected chi connectivity index (χ1v) is 23.1. The number of carbonyl (C=O) groups is 2. The Hall–Kier alpha value is -0.280.